The van der Waals surface area contributed by atoms with Crippen molar-refractivity contribution in [3.05, 3.63) is 77.9 Å². The van der Waals surface area contributed by atoms with Gasteiger partial charge in [0.2, 0.25) is 17.7 Å². The van der Waals surface area contributed by atoms with Gasteiger partial charge in [0.25, 0.3) is 0 Å². The molecule has 4 N–H and O–H groups in total. The smallest absolute Gasteiger partial charge is 0.250 e. The van der Waals surface area contributed by atoms with E-state index in [0.29, 0.717) is 6.54 Å². The minimum Gasteiger partial charge on any atom is -0.352 e. The van der Waals surface area contributed by atoms with E-state index in [1.165, 1.54) is 6.08 Å². The summed E-state index contributed by atoms with van der Waals surface area (Å²) >= 11 is 4.94. The Morgan fingerprint density at radius 2 is 1.45 bits per heavy atom. The van der Waals surface area contributed by atoms with E-state index in [1.807, 2.05) is 60.7 Å². The Morgan fingerprint density at radius 3 is 2.14 bits per heavy atom. The average molecular weight is 410 g/mol. The second-order valence-corrected chi connectivity index (χ2v) is 6.41. The van der Waals surface area contributed by atoms with Crippen LogP contribution in [0.25, 0.3) is 6.08 Å². The van der Waals surface area contributed by atoms with Gasteiger partial charge in [-0.2, -0.15) is 0 Å². The summed E-state index contributed by atoms with van der Waals surface area (Å²) < 4.78 is 0. The fraction of sp³-hybridized carbons (Fsp3) is 0.143. The average Bonchev–Trinajstić information content (AvgIpc) is 2.75. The van der Waals surface area contributed by atoms with Crippen molar-refractivity contribution in [2.45, 2.75) is 19.4 Å². The van der Waals surface area contributed by atoms with E-state index in [9.17, 15) is 14.4 Å². The monoisotopic (exact) mass is 410 g/mol. The highest BCUT2D eigenvalue weighted by Crippen LogP contribution is 2.00. The molecular formula is C21H22N4O3S. The lowest BCUT2D eigenvalue weighted by Crippen LogP contribution is -2.48. The molecule has 2 rings (SSSR count). The van der Waals surface area contributed by atoms with Gasteiger partial charge in [-0.05, 0) is 29.4 Å². The maximum atomic E-state index is 11.8. The number of rotatable bonds is 7. The summed E-state index contributed by atoms with van der Waals surface area (Å²) in [6, 6.07) is 18.8. The van der Waals surface area contributed by atoms with Crippen LogP contribution < -0.4 is 21.5 Å². The Balaban J connectivity index is 1.60. The van der Waals surface area contributed by atoms with Crippen LogP contribution in [0.3, 0.4) is 0 Å². The number of hydrogen-bond donors (Lipinski definition) is 4. The Hall–Kier alpha value is -3.52. The molecule has 0 fully saturated rings. The highest BCUT2D eigenvalue weighted by Gasteiger charge is 2.08. The summed E-state index contributed by atoms with van der Waals surface area (Å²) in [5.74, 6) is -1.08. The van der Waals surface area contributed by atoms with Crippen molar-refractivity contribution >= 4 is 41.1 Å². The highest BCUT2D eigenvalue weighted by atomic mass is 32.1. The molecule has 0 bridgehead atoms. The predicted molar refractivity (Wildman–Crippen MR) is 115 cm³/mol. The molecule has 0 unspecified atom stereocenters. The third kappa shape index (κ3) is 9.30. The third-order valence-electron chi connectivity index (χ3n) is 3.69. The molecule has 0 radical (unpaired) electrons. The van der Waals surface area contributed by atoms with Crippen LogP contribution in [0, 0.1) is 0 Å². The first-order chi connectivity index (χ1) is 14.0. The second-order valence-electron chi connectivity index (χ2n) is 6.00. The van der Waals surface area contributed by atoms with Gasteiger partial charge in [-0.1, -0.05) is 60.7 Å². The van der Waals surface area contributed by atoms with Gasteiger partial charge in [0, 0.05) is 25.5 Å². The largest absolute Gasteiger partial charge is 0.352 e. The van der Waals surface area contributed by atoms with Crippen molar-refractivity contribution in [2.75, 3.05) is 0 Å². The summed E-state index contributed by atoms with van der Waals surface area (Å²) in [5, 5.41) is 5.11. The first-order valence-corrected chi connectivity index (χ1v) is 9.37. The topological polar surface area (TPSA) is 99.3 Å². The number of thiocarbonyl (C=S) groups is 1. The molecule has 0 spiro atoms. The number of hydrogen-bond acceptors (Lipinski definition) is 4. The molecule has 3 amide bonds. The van der Waals surface area contributed by atoms with Crippen molar-refractivity contribution in [2.24, 2.45) is 0 Å². The Labute approximate surface area is 174 Å². The zero-order valence-electron chi connectivity index (χ0n) is 15.7. The molecule has 2 aromatic carbocycles. The number of nitrogens with one attached hydrogen (secondary N) is 4. The number of amides is 3. The van der Waals surface area contributed by atoms with Gasteiger partial charge in [-0.3, -0.25) is 30.6 Å². The maximum Gasteiger partial charge on any atom is 0.250 e. The van der Waals surface area contributed by atoms with Gasteiger partial charge >= 0.3 is 0 Å². The molecule has 0 saturated carbocycles. The van der Waals surface area contributed by atoms with Crippen LogP contribution in [-0.2, 0) is 20.9 Å². The summed E-state index contributed by atoms with van der Waals surface area (Å²) in [6.07, 6.45) is 3.00. The summed E-state index contributed by atoms with van der Waals surface area (Å²) in [6.45, 7) is 0.409. The van der Waals surface area contributed by atoms with Gasteiger partial charge < -0.3 is 5.32 Å². The van der Waals surface area contributed by atoms with Crippen molar-refractivity contribution < 1.29 is 14.4 Å². The zero-order valence-corrected chi connectivity index (χ0v) is 16.5. The number of carbonyl (C=O) groups excluding carboxylic acids is 3. The molecule has 0 heterocycles. The fourth-order valence-electron chi connectivity index (χ4n) is 2.22. The predicted octanol–water partition coefficient (Wildman–Crippen LogP) is 1.82. The van der Waals surface area contributed by atoms with Crippen LogP contribution in [0.1, 0.15) is 24.0 Å². The first kappa shape index (κ1) is 21.8. The minimum absolute atomic E-state index is 0.0158. The van der Waals surface area contributed by atoms with Crippen LogP contribution >= 0.6 is 12.2 Å². The molecule has 0 atom stereocenters. The maximum absolute atomic E-state index is 11.8. The molecule has 2 aromatic rings. The molecule has 0 aliphatic heterocycles. The van der Waals surface area contributed by atoms with E-state index in [2.05, 4.69) is 21.5 Å². The van der Waals surface area contributed by atoms with Crippen LogP contribution in [0.4, 0.5) is 0 Å². The van der Waals surface area contributed by atoms with E-state index in [-0.39, 0.29) is 23.9 Å². The first-order valence-electron chi connectivity index (χ1n) is 8.96. The SMILES string of the molecule is O=C(C=Cc1ccccc1)NC(=S)NNC(=O)CCC(=O)NCc1ccccc1. The quantitative estimate of drug-likeness (QED) is 0.317. The molecule has 0 aliphatic rings. The van der Waals surface area contributed by atoms with Crippen LogP contribution in [0.2, 0.25) is 0 Å². The minimum atomic E-state index is -0.430. The lowest BCUT2D eigenvalue weighted by Gasteiger charge is -2.10. The summed E-state index contributed by atoms with van der Waals surface area (Å²) in [5.41, 5.74) is 6.63. The normalized spacial score (nSPS) is 10.2. The number of hydrazine groups is 1. The third-order valence-corrected chi connectivity index (χ3v) is 3.89. The van der Waals surface area contributed by atoms with Gasteiger partial charge in [0.15, 0.2) is 5.11 Å². The van der Waals surface area contributed by atoms with E-state index in [1.54, 1.807) is 6.08 Å². The zero-order chi connectivity index (χ0) is 20.9. The lowest BCUT2D eigenvalue weighted by atomic mass is 10.2. The van der Waals surface area contributed by atoms with Crippen molar-refractivity contribution in [1.29, 1.82) is 0 Å². The molecule has 8 heteroatoms. The second kappa shape index (κ2) is 12.0. The standard InChI is InChI=1S/C21H22N4O3S/c26-18(22-15-17-9-5-2-6-10-17)13-14-20(28)24-25-21(29)23-19(27)12-11-16-7-3-1-4-8-16/h1-12H,13-15H2,(H,22,26)(H,24,28)(H2,23,25,27,29). The van der Waals surface area contributed by atoms with Gasteiger partial charge in [-0.15, -0.1) is 0 Å². The van der Waals surface area contributed by atoms with E-state index in [4.69, 9.17) is 12.2 Å². The Bertz CT molecular complexity index is 870. The fourth-order valence-corrected chi connectivity index (χ4v) is 2.37. The molecule has 150 valence electrons. The van der Waals surface area contributed by atoms with Gasteiger partial charge in [0.1, 0.15) is 0 Å². The molecule has 0 aromatic heterocycles. The van der Waals surface area contributed by atoms with Gasteiger partial charge in [-0.25, -0.2) is 0 Å². The lowest BCUT2D eigenvalue weighted by molar-refractivity contribution is -0.126. The van der Waals surface area contributed by atoms with E-state index < -0.39 is 11.8 Å². The summed E-state index contributed by atoms with van der Waals surface area (Å²) in [4.78, 5) is 35.4. The van der Waals surface area contributed by atoms with Crippen LogP contribution in [0.5, 0.6) is 0 Å². The molecule has 0 aliphatic carbocycles. The van der Waals surface area contributed by atoms with E-state index in [0.717, 1.165) is 11.1 Å². The van der Waals surface area contributed by atoms with Gasteiger partial charge in [0.05, 0.1) is 0 Å². The van der Waals surface area contributed by atoms with Crippen molar-refractivity contribution in [3.8, 4) is 0 Å². The molecule has 7 nitrogen and oxygen atoms in total. The Kier molecular flexibility index (Phi) is 9.04. The highest BCUT2D eigenvalue weighted by molar-refractivity contribution is 7.80. The molecule has 0 saturated heterocycles. The number of carbonyl (C=O) groups is 3. The van der Waals surface area contributed by atoms with Crippen LogP contribution in [0.15, 0.2) is 66.7 Å². The number of benzene rings is 2. The van der Waals surface area contributed by atoms with E-state index >= 15 is 0 Å². The summed E-state index contributed by atoms with van der Waals surface area (Å²) in [7, 11) is 0. The Morgan fingerprint density at radius 1 is 0.828 bits per heavy atom. The van der Waals surface area contributed by atoms with Crippen molar-refractivity contribution in [1.82, 2.24) is 21.5 Å². The van der Waals surface area contributed by atoms with Crippen LogP contribution in [-0.4, -0.2) is 22.8 Å². The molecule has 29 heavy (non-hydrogen) atoms. The van der Waals surface area contributed by atoms with Crippen molar-refractivity contribution in [3.63, 3.8) is 0 Å². The molecular weight excluding hydrogens is 388 g/mol.